The van der Waals surface area contributed by atoms with E-state index < -0.39 is 11.4 Å². The molecule has 120 valence electrons. The Hall–Kier alpha value is -1.06. The Morgan fingerprint density at radius 3 is 2.33 bits per heavy atom. The molecule has 4 nitrogen and oxygen atoms in total. The minimum atomic E-state index is -0.809. The van der Waals surface area contributed by atoms with Crippen LogP contribution in [0.1, 0.15) is 77.6 Å². The molecule has 21 heavy (non-hydrogen) atoms. The highest BCUT2D eigenvalue weighted by molar-refractivity contribution is 5.85. The average Bonchev–Trinajstić information content (AvgIpc) is 2.65. The molecule has 0 heterocycles. The van der Waals surface area contributed by atoms with Gasteiger partial charge >= 0.3 is 5.97 Å². The van der Waals surface area contributed by atoms with Crippen LogP contribution >= 0.6 is 0 Å². The first-order valence-corrected chi connectivity index (χ1v) is 8.56. The molecule has 2 aliphatic rings. The van der Waals surface area contributed by atoms with Crippen molar-refractivity contribution in [1.29, 1.82) is 0 Å². The maximum Gasteiger partial charge on any atom is 0.310 e. The van der Waals surface area contributed by atoms with Gasteiger partial charge < -0.3 is 10.4 Å². The molecule has 2 saturated carbocycles. The standard InChI is InChI=1S/C17H29NO3/c1-13-8-4-2-5-9-14(13)18-15(19)12-17(16(20)21)10-6-3-7-11-17/h13-14H,2-12H2,1H3,(H,18,19)(H,20,21). The Balaban J connectivity index is 1.94. The number of amides is 1. The molecule has 0 radical (unpaired) electrons. The Morgan fingerprint density at radius 1 is 1.05 bits per heavy atom. The quantitative estimate of drug-likeness (QED) is 0.780. The molecule has 2 aliphatic carbocycles. The van der Waals surface area contributed by atoms with Crippen molar-refractivity contribution >= 4 is 11.9 Å². The number of carbonyl (C=O) groups excluding carboxylic acids is 1. The normalized spacial score (nSPS) is 29.4. The van der Waals surface area contributed by atoms with Crippen molar-refractivity contribution in [3.63, 3.8) is 0 Å². The SMILES string of the molecule is CC1CCCCCC1NC(=O)CC1(C(=O)O)CCCCC1. The summed E-state index contributed by atoms with van der Waals surface area (Å²) in [7, 11) is 0. The van der Waals surface area contributed by atoms with Crippen molar-refractivity contribution in [2.24, 2.45) is 11.3 Å². The van der Waals surface area contributed by atoms with Crippen molar-refractivity contribution in [1.82, 2.24) is 5.32 Å². The molecule has 2 atom stereocenters. The molecule has 0 bridgehead atoms. The topological polar surface area (TPSA) is 66.4 Å². The molecule has 0 spiro atoms. The summed E-state index contributed by atoms with van der Waals surface area (Å²) in [6.45, 7) is 2.20. The molecule has 0 aromatic rings. The van der Waals surface area contributed by atoms with Crippen LogP contribution in [0.2, 0.25) is 0 Å². The van der Waals surface area contributed by atoms with Gasteiger partial charge in [-0.2, -0.15) is 0 Å². The highest BCUT2D eigenvalue weighted by atomic mass is 16.4. The van der Waals surface area contributed by atoms with E-state index in [1.165, 1.54) is 19.3 Å². The van der Waals surface area contributed by atoms with Crippen LogP contribution in [-0.4, -0.2) is 23.0 Å². The van der Waals surface area contributed by atoms with E-state index in [1.54, 1.807) is 0 Å². The van der Waals surface area contributed by atoms with E-state index in [9.17, 15) is 14.7 Å². The monoisotopic (exact) mass is 295 g/mol. The first-order valence-electron chi connectivity index (χ1n) is 8.56. The average molecular weight is 295 g/mol. The van der Waals surface area contributed by atoms with Crippen LogP contribution in [0, 0.1) is 11.3 Å². The van der Waals surface area contributed by atoms with E-state index in [0.29, 0.717) is 18.8 Å². The van der Waals surface area contributed by atoms with Crippen LogP contribution in [0.25, 0.3) is 0 Å². The molecule has 1 amide bonds. The number of nitrogens with one attached hydrogen (secondary N) is 1. The number of carbonyl (C=O) groups is 2. The molecule has 2 N–H and O–H groups in total. The Kier molecular flexibility index (Phi) is 5.65. The summed E-state index contributed by atoms with van der Waals surface area (Å²) in [4.78, 5) is 24.0. The molecular weight excluding hydrogens is 266 g/mol. The third-order valence-electron chi connectivity index (χ3n) is 5.47. The number of hydrogen-bond acceptors (Lipinski definition) is 2. The first kappa shape index (κ1) is 16.3. The van der Waals surface area contributed by atoms with Gasteiger partial charge in [-0.25, -0.2) is 0 Å². The fraction of sp³-hybridized carbons (Fsp3) is 0.882. The van der Waals surface area contributed by atoms with E-state index in [1.807, 2.05) is 0 Å². The van der Waals surface area contributed by atoms with Crippen LogP contribution in [0.5, 0.6) is 0 Å². The molecule has 0 aromatic carbocycles. The van der Waals surface area contributed by atoms with Gasteiger partial charge in [-0.3, -0.25) is 9.59 Å². The number of aliphatic carboxylic acids is 1. The van der Waals surface area contributed by atoms with Gasteiger partial charge in [0.05, 0.1) is 5.41 Å². The minimum Gasteiger partial charge on any atom is -0.481 e. The van der Waals surface area contributed by atoms with Gasteiger partial charge in [0.2, 0.25) is 5.91 Å². The molecule has 0 aliphatic heterocycles. The summed E-state index contributed by atoms with van der Waals surface area (Å²) in [5, 5.41) is 12.7. The highest BCUT2D eigenvalue weighted by Gasteiger charge is 2.41. The lowest BCUT2D eigenvalue weighted by Crippen LogP contribution is -2.44. The second kappa shape index (κ2) is 7.28. The summed E-state index contributed by atoms with van der Waals surface area (Å²) in [5.41, 5.74) is -0.809. The van der Waals surface area contributed by atoms with Gasteiger partial charge in [0.15, 0.2) is 0 Å². The first-order chi connectivity index (χ1) is 10.0. The van der Waals surface area contributed by atoms with Crippen molar-refractivity contribution < 1.29 is 14.7 Å². The number of carboxylic acid groups (broad SMARTS) is 1. The van der Waals surface area contributed by atoms with Crippen molar-refractivity contribution in [2.75, 3.05) is 0 Å². The fourth-order valence-electron chi connectivity index (χ4n) is 3.97. The lowest BCUT2D eigenvalue weighted by Gasteiger charge is -2.33. The van der Waals surface area contributed by atoms with Gasteiger partial charge in [-0.1, -0.05) is 45.4 Å². The minimum absolute atomic E-state index is 0.0574. The van der Waals surface area contributed by atoms with Gasteiger partial charge in [0, 0.05) is 12.5 Å². The third-order valence-corrected chi connectivity index (χ3v) is 5.47. The van der Waals surface area contributed by atoms with Crippen LogP contribution in [0.3, 0.4) is 0 Å². The second-order valence-electron chi connectivity index (χ2n) is 7.11. The van der Waals surface area contributed by atoms with E-state index in [2.05, 4.69) is 12.2 Å². The predicted molar refractivity (Wildman–Crippen MR) is 82.0 cm³/mol. The van der Waals surface area contributed by atoms with E-state index in [-0.39, 0.29) is 18.4 Å². The summed E-state index contributed by atoms with van der Waals surface area (Å²) in [5.74, 6) is -0.340. The highest BCUT2D eigenvalue weighted by Crippen LogP contribution is 2.39. The van der Waals surface area contributed by atoms with Gasteiger partial charge in [0.25, 0.3) is 0 Å². The molecule has 0 aromatic heterocycles. The summed E-state index contributed by atoms with van der Waals surface area (Å²) >= 11 is 0. The number of hydrogen-bond donors (Lipinski definition) is 2. The maximum absolute atomic E-state index is 12.4. The van der Waals surface area contributed by atoms with E-state index >= 15 is 0 Å². The maximum atomic E-state index is 12.4. The fourth-order valence-corrected chi connectivity index (χ4v) is 3.97. The van der Waals surface area contributed by atoms with Crippen LogP contribution in [0.4, 0.5) is 0 Å². The predicted octanol–water partition coefficient (Wildman–Crippen LogP) is 3.50. The summed E-state index contributed by atoms with van der Waals surface area (Å²) in [6, 6.07) is 0.231. The lowest BCUT2D eigenvalue weighted by molar-refractivity contribution is -0.154. The largest absolute Gasteiger partial charge is 0.481 e. The summed E-state index contributed by atoms with van der Waals surface area (Å²) < 4.78 is 0. The molecule has 2 fully saturated rings. The summed E-state index contributed by atoms with van der Waals surface area (Å²) in [6.07, 6.45) is 10.3. The molecular formula is C17H29NO3. The van der Waals surface area contributed by atoms with Crippen molar-refractivity contribution in [2.45, 2.75) is 83.6 Å². The van der Waals surface area contributed by atoms with Crippen LogP contribution < -0.4 is 5.32 Å². The van der Waals surface area contributed by atoms with Crippen molar-refractivity contribution in [3.05, 3.63) is 0 Å². The Morgan fingerprint density at radius 2 is 1.67 bits per heavy atom. The molecule has 2 unspecified atom stereocenters. The smallest absolute Gasteiger partial charge is 0.310 e. The lowest BCUT2D eigenvalue weighted by atomic mass is 9.71. The Bertz CT molecular complexity index is 374. The zero-order valence-corrected chi connectivity index (χ0v) is 13.2. The van der Waals surface area contributed by atoms with Crippen LogP contribution in [-0.2, 0) is 9.59 Å². The number of rotatable bonds is 4. The van der Waals surface area contributed by atoms with E-state index in [4.69, 9.17) is 0 Å². The second-order valence-corrected chi connectivity index (χ2v) is 7.11. The van der Waals surface area contributed by atoms with Gasteiger partial charge in [-0.15, -0.1) is 0 Å². The Labute approximate surface area is 127 Å². The number of carboxylic acids is 1. The van der Waals surface area contributed by atoms with Crippen LogP contribution in [0.15, 0.2) is 0 Å². The molecule has 2 rings (SSSR count). The van der Waals surface area contributed by atoms with Crippen molar-refractivity contribution in [3.8, 4) is 0 Å². The molecule has 0 saturated heterocycles. The van der Waals surface area contributed by atoms with Gasteiger partial charge in [-0.05, 0) is 31.6 Å². The molecule has 4 heteroatoms. The van der Waals surface area contributed by atoms with Gasteiger partial charge in [0.1, 0.15) is 0 Å². The zero-order chi connectivity index (χ0) is 15.3. The van der Waals surface area contributed by atoms with E-state index in [0.717, 1.165) is 32.1 Å². The zero-order valence-electron chi connectivity index (χ0n) is 13.2. The third kappa shape index (κ3) is 4.21.